The molecule has 100 heavy (non-hydrogen) atoms. The van der Waals surface area contributed by atoms with Crippen LogP contribution in [0.2, 0.25) is 0 Å². The minimum atomic E-state index is -3.69. The molecule has 8 aromatic rings. The van der Waals surface area contributed by atoms with Gasteiger partial charge in [0, 0.05) is 34.6 Å². The molecule has 536 valence electrons. The molecular weight excluding hydrogens is 1380 g/mol. The summed E-state index contributed by atoms with van der Waals surface area (Å²) in [4.78, 5) is 24.2. The first-order valence-electron chi connectivity index (χ1n) is 32.4. The number of sulfone groups is 2. The average molecular weight is 1480 g/mol. The van der Waals surface area contributed by atoms with Crippen LogP contribution in [0.5, 0.6) is 23.0 Å². The number of methoxy groups -OCH3 is 4. The molecule has 30 heteroatoms. The topological polar surface area (TPSA) is 309 Å². The zero-order valence-electron chi connectivity index (χ0n) is 60.2. The smallest absolute Gasteiger partial charge is 0.767 e. The third-order valence-corrected chi connectivity index (χ3v) is 21.0. The SMILES string of the molecule is CCCCC(CC)COC(=O)CCS(=O)(=O)c1c(C)cnn1Cc1ccc(OC)cc1.CCCCC(CC)COC(=O)CCS(=O)(=O)c1nn(Cc2ccc(OC)cc2)cc1C.COc1ccc(Cn2cc(C)c(S(=O)[O-])n2)cc1.COc1ccc(Cn2ncc(C)c2S(=O)[O-])cc1.[Na+].[Na+]. The number of carbonyl (C=O) groups is 2. The number of aryl methyl sites for hydroxylation is 4. The maximum absolute atomic E-state index is 13.0. The number of hydrogen-bond donors (Lipinski definition) is 0. The quantitative estimate of drug-likeness (QED) is 0.0280. The van der Waals surface area contributed by atoms with Gasteiger partial charge in [0.05, 0.1) is 105 Å². The number of carbonyl (C=O) groups excluding carboxylic acids is 2. The Balaban J connectivity index is 0.000000355. The summed E-state index contributed by atoms with van der Waals surface area (Å²) in [7, 11) is -0.957. The van der Waals surface area contributed by atoms with Crippen LogP contribution >= 0.6 is 0 Å². The molecule has 4 aromatic heterocycles. The molecule has 4 atom stereocenters. The molecule has 8 rings (SSSR count). The maximum atomic E-state index is 13.0. The molecule has 0 aliphatic rings. The predicted molar refractivity (Wildman–Crippen MR) is 372 cm³/mol. The summed E-state index contributed by atoms with van der Waals surface area (Å²) in [5, 5.41) is 17.1. The first-order valence-corrected chi connectivity index (χ1v) is 37.9. The fourth-order valence-electron chi connectivity index (χ4n) is 10.1. The Morgan fingerprint density at radius 1 is 0.490 bits per heavy atom. The summed E-state index contributed by atoms with van der Waals surface area (Å²) in [5.41, 5.74) is 6.29. The molecule has 0 fully saturated rings. The molecule has 0 bridgehead atoms. The van der Waals surface area contributed by atoms with Gasteiger partial charge in [0.1, 0.15) is 33.0 Å². The fraction of sp³-hybridized carbons (Fsp3) is 0.457. The van der Waals surface area contributed by atoms with Crippen LogP contribution in [0.1, 0.15) is 136 Å². The van der Waals surface area contributed by atoms with E-state index in [1.165, 1.54) is 15.6 Å². The summed E-state index contributed by atoms with van der Waals surface area (Å²) in [6.45, 7) is 17.7. The average Bonchev–Trinajstić information content (AvgIpc) is 1.93. The van der Waals surface area contributed by atoms with E-state index in [1.807, 2.05) is 97.1 Å². The zero-order chi connectivity index (χ0) is 72.0. The summed E-state index contributed by atoms with van der Waals surface area (Å²) in [6, 6.07) is 29.9. The van der Waals surface area contributed by atoms with Crippen LogP contribution in [-0.4, -0.2) is 139 Å². The zero-order valence-corrected chi connectivity index (χ0v) is 67.4. The second kappa shape index (κ2) is 45.2. The van der Waals surface area contributed by atoms with Gasteiger partial charge in [-0.05, 0) is 145 Å². The van der Waals surface area contributed by atoms with Crippen LogP contribution in [-0.2, 0) is 87.1 Å². The van der Waals surface area contributed by atoms with E-state index in [9.17, 15) is 43.9 Å². The Kier molecular flexibility index (Phi) is 39.8. The number of hydrogen-bond acceptors (Lipinski definition) is 20. The van der Waals surface area contributed by atoms with Crippen molar-refractivity contribution in [1.82, 2.24) is 39.1 Å². The van der Waals surface area contributed by atoms with Crippen LogP contribution in [0.25, 0.3) is 0 Å². The van der Waals surface area contributed by atoms with Crippen molar-refractivity contribution in [3.8, 4) is 23.0 Å². The third kappa shape index (κ3) is 29.0. The molecule has 0 aliphatic carbocycles. The van der Waals surface area contributed by atoms with Crippen molar-refractivity contribution in [2.75, 3.05) is 53.2 Å². The van der Waals surface area contributed by atoms with Gasteiger partial charge in [-0.3, -0.25) is 32.1 Å². The van der Waals surface area contributed by atoms with E-state index in [4.69, 9.17) is 28.4 Å². The van der Waals surface area contributed by atoms with Crippen molar-refractivity contribution < 1.29 is 131 Å². The monoisotopic (exact) mass is 1480 g/mol. The molecule has 4 unspecified atom stereocenters. The first-order chi connectivity index (χ1) is 46.8. The number of ether oxygens (including phenoxy) is 6. The van der Waals surface area contributed by atoms with E-state index >= 15 is 0 Å². The van der Waals surface area contributed by atoms with Gasteiger partial charge < -0.3 is 37.5 Å². The minimum absolute atomic E-state index is 0. The van der Waals surface area contributed by atoms with Crippen LogP contribution in [0.3, 0.4) is 0 Å². The van der Waals surface area contributed by atoms with Crippen molar-refractivity contribution in [3.63, 3.8) is 0 Å². The van der Waals surface area contributed by atoms with Gasteiger partial charge in [-0.25, -0.2) is 21.5 Å². The minimum Gasteiger partial charge on any atom is -0.767 e. The summed E-state index contributed by atoms with van der Waals surface area (Å²) < 4.78 is 133. The van der Waals surface area contributed by atoms with Gasteiger partial charge >= 0.3 is 71.1 Å². The Hall–Kier alpha value is -6.02. The molecule has 0 spiro atoms. The van der Waals surface area contributed by atoms with Crippen LogP contribution in [0.4, 0.5) is 0 Å². The van der Waals surface area contributed by atoms with Crippen molar-refractivity contribution in [2.45, 2.75) is 166 Å². The van der Waals surface area contributed by atoms with E-state index in [2.05, 4.69) is 48.1 Å². The van der Waals surface area contributed by atoms with Crippen molar-refractivity contribution in [2.24, 2.45) is 11.8 Å². The van der Waals surface area contributed by atoms with E-state index < -0.39 is 53.8 Å². The van der Waals surface area contributed by atoms with Crippen molar-refractivity contribution >= 4 is 53.8 Å². The molecular formula is C70H94N8Na2O16S4. The number of aromatic nitrogens is 8. The number of benzene rings is 4. The van der Waals surface area contributed by atoms with E-state index in [0.29, 0.717) is 73.5 Å². The Bertz CT molecular complexity index is 4030. The van der Waals surface area contributed by atoms with Crippen molar-refractivity contribution in [1.29, 1.82) is 0 Å². The van der Waals surface area contributed by atoms with Gasteiger partial charge in [-0.15, -0.1) is 0 Å². The van der Waals surface area contributed by atoms with Crippen LogP contribution in [0, 0.1) is 39.5 Å². The molecule has 0 saturated carbocycles. The maximum Gasteiger partial charge on any atom is 1.00 e. The van der Waals surface area contributed by atoms with Gasteiger partial charge in [0.2, 0.25) is 0 Å². The molecule has 0 saturated heterocycles. The molecule has 4 aromatic carbocycles. The molecule has 0 aliphatic heterocycles. The van der Waals surface area contributed by atoms with Crippen LogP contribution < -0.4 is 78.1 Å². The van der Waals surface area contributed by atoms with Gasteiger partial charge in [0.25, 0.3) is 0 Å². The standard InChI is InChI=1S/2C23H34N2O5S.2C12H14N2O3S.2Na/c1-5-7-8-19(6-2)17-30-22(26)13-14-31(27,28)23-18(3)15-25(24-23)16-20-9-11-21(29-4)12-10-20;1-5-7-8-19(6-2)17-30-22(26)13-14-31(27,28)23-18(3)15-24-25(23)16-20-9-11-21(29-4)12-10-20;1-9-7-14(13-12(9)18(15)16)8-10-3-5-11(17-2)6-4-10;1-9-7-13-14(12(9)18(15)16)8-10-3-5-11(17-2)6-4-10;;/h2*9-12,15,19H,5-8,13-14,16-17H2,1-4H3;2*3-7H,8H2,1-2H3,(H,15,16);;/q;;;;2*+1/p-2. The fourth-order valence-corrected chi connectivity index (χ4v) is 14.2. The summed E-state index contributed by atoms with van der Waals surface area (Å²) >= 11 is -4.56. The first kappa shape index (κ1) is 88.2. The van der Waals surface area contributed by atoms with E-state index in [-0.39, 0.29) is 104 Å². The number of unbranched alkanes of at least 4 members (excludes halogenated alkanes) is 2. The number of rotatable bonds is 34. The number of esters is 2. The van der Waals surface area contributed by atoms with Crippen LogP contribution in [0.15, 0.2) is 142 Å². The Morgan fingerprint density at radius 3 is 1.24 bits per heavy atom. The third-order valence-electron chi connectivity index (χ3n) is 15.8. The largest absolute Gasteiger partial charge is 1.00 e. The van der Waals surface area contributed by atoms with E-state index in [0.717, 1.165) is 96.6 Å². The predicted octanol–water partition coefficient (Wildman–Crippen LogP) is 5.32. The van der Waals surface area contributed by atoms with Gasteiger partial charge in [-0.2, -0.15) is 20.4 Å². The van der Waals surface area contributed by atoms with Gasteiger partial charge in [0.15, 0.2) is 29.7 Å². The molecule has 24 nitrogen and oxygen atoms in total. The Morgan fingerprint density at radius 2 is 0.860 bits per heavy atom. The molecule has 4 heterocycles. The molecule has 0 radical (unpaired) electrons. The molecule has 0 N–H and O–H groups in total. The van der Waals surface area contributed by atoms with E-state index in [1.54, 1.807) is 84.1 Å². The second-order valence-corrected chi connectivity index (χ2v) is 29.2. The summed E-state index contributed by atoms with van der Waals surface area (Å²) in [6.07, 6.45) is 14.5. The molecule has 0 amide bonds. The normalized spacial score (nSPS) is 12.2. The van der Waals surface area contributed by atoms with Crippen molar-refractivity contribution in [3.05, 3.63) is 166 Å². The summed E-state index contributed by atoms with van der Waals surface area (Å²) in [5.74, 6) is 2.14. The number of nitrogens with zero attached hydrogens (tertiary/aromatic N) is 8. The second-order valence-electron chi connectivity index (χ2n) is 23.4. The van der Waals surface area contributed by atoms with Gasteiger partial charge in [-0.1, -0.05) is 115 Å². The Labute approximate surface area is 639 Å².